The molecule has 2 saturated carbocycles. The van der Waals surface area contributed by atoms with Crippen LogP contribution in [0.3, 0.4) is 0 Å². The summed E-state index contributed by atoms with van der Waals surface area (Å²) < 4.78 is 0. The van der Waals surface area contributed by atoms with E-state index in [9.17, 15) is 0 Å². The maximum absolute atomic E-state index is 2.77. The molecule has 0 aromatic heterocycles. The van der Waals surface area contributed by atoms with Crippen molar-refractivity contribution in [2.75, 3.05) is 19.6 Å². The highest BCUT2D eigenvalue weighted by Crippen LogP contribution is 2.59. The summed E-state index contributed by atoms with van der Waals surface area (Å²) in [5.41, 5.74) is 2.15. The van der Waals surface area contributed by atoms with Crippen molar-refractivity contribution in [2.24, 2.45) is 11.8 Å². The highest BCUT2D eigenvalue weighted by molar-refractivity contribution is 5.36. The molecule has 1 aliphatic heterocycles. The van der Waals surface area contributed by atoms with Crippen LogP contribution < -0.4 is 0 Å². The van der Waals surface area contributed by atoms with Gasteiger partial charge in [0, 0.05) is 25.0 Å². The van der Waals surface area contributed by atoms with Crippen molar-refractivity contribution in [3.63, 3.8) is 0 Å². The average molecular weight is 255 g/mol. The number of hydrogen-bond acceptors (Lipinski definition) is 1. The Labute approximate surface area is 117 Å². The van der Waals surface area contributed by atoms with Gasteiger partial charge in [-0.25, -0.2) is 0 Å². The highest BCUT2D eigenvalue weighted by Gasteiger charge is 2.60. The fourth-order valence-electron chi connectivity index (χ4n) is 4.68. The van der Waals surface area contributed by atoms with Crippen molar-refractivity contribution in [3.05, 3.63) is 35.9 Å². The summed E-state index contributed by atoms with van der Waals surface area (Å²) >= 11 is 0. The van der Waals surface area contributed by atoms with E-state index in [2.05, 4.69) is 35.2 Å². The van der Waals surface area contributed by atoms with Crippen LogP contribution >= 0.6 is 0 Å². The Morgan fingerprint density at radius 1 is 1.05 bits per heavy atom. The van der Waals surface area contributed by atoms with Crippen molar-refractivity contribution in [2.45, 2.75) is 43.9 Å². The topological polar surface area (TPSA) is 3.24 Å². The van der Waals surface area contributed by atoms with Gasteiger partial charge in [-0.3, -0.25) is 0 Å². The van der Waals surface area contributed by atoms with Crippen molar-refractivity contribution in [1.82, 2.24) is 4.90 Å². The molecule has 3 fully saturated rings. The van der Waals surface area contributed by atoms with Crippen LogP contribution in [0.15, 0.2) is 30.3 Å². The number of rotatable bonds is 3. The van der Waals surface area contributed by atoms with E-state index in [1.807, 2.05) is 0 Å². The van der Waals surface area contributed by atoms with Gasteiger partial charge in [-0.15, -0.1) is 0 Å². The van der Waals surface area contributed by atoms with E-state index in [1.54, 1.807) is 5.56 Å². The molecule has 4 rings (SSSR count). The molecule has 102 valence electrons. The molecule has 1 saturated heterocycles. The van der Waals surface area contributed by atoms with Gasteiger partial charge in [-0.1, -0.05) is 49.6 Å². The van der Waals surface area contributed by atoms with Crippen LogP contribution in [0.1, 0.15) is 44.1 Å². The van der Waals surface area contributed by atoms with Crippen LogP contribution in [-0.2, 0) is 5.41 Å². The summed E-state index contributed by atoms with van der Waals surface area (Å²) in [5, 5.41) is 0. The normalized spacial score (nSPS) is 35.3. The van der Waals surface area contributed by atoms with E-state index in [1.165, 1.54) is 58.2 Å². The maximum Gasteiger partial charge on any atom is 0.0124 e. The number of piperidine rings is 1. The highest BCUT2D eigenvalue weighted by atomic mass is 15.2. The van der Waals surface area contributed by atoms with Gasteiger partial charge in [0.05, 0.1) is 0 Å². The van der Waals surface area contributed by atoms with Gasteiger partial charge in [-0.05, 0) is 36.7 Å². The van der Waals surface area contributed by atoms with Crippen molar-refractivity contribution in [1.29, 1.82) is 0 Å². The molecule has 2 aliphatic carbocycles. The Morgan fingerprint density at radius 3 is 2.63 bits per heavy atom. The van der Waals surface area contributed by atoms with Crippen LogP contribution in [-0.4, -0.2) is 24.5 Å². The molecule has 0 radical (unpaired) electrons. The second-order valence-electron chi connectivity index (χ2n) is 7.12. The van der Waals surface area contributed by atoms with Gasteiger partial charge < -0.3 is 4.90 Å². The van der Waals surface area contributed by atoms with Crippen LogP contribution in [0.2, 0.25) is 0 Å². The van der Waals surface area contributed by atoms with Crippen LogP contribution in [0.4, 0.5) is 0 Å². The summed E-state index contributed by atoms with van der Waals surface area (Å²) in [5.74, 6) is 1.96. The first kappa shape index (κ1) is 12.0. The number of benzene rings is 1. The predicted molar refractivity (Wildman–Crippen MR) is 79.2 cm³/mol. The number of hydrogen-bond donors (Lipinski definition) is 0. The Balaban J connectivity index is 1.41. The lowest BCUT2D eigenvalue weighted by Gasteiger charge is -2.28. The molecule has 1 aromatic carbocycles. The predicted octanol–water partition coefficient (Wildman–Crippen LogP) is 3.84. The molecule has 0 amide bonds. The van der Waals surface area contributed by atoms with Gasteiger partial charge >= 0.3 is 0 Å². The molecule has 1 aromatic rings. The fourth-order valence-corrected chi connectivity index (χ4v) is 4.68. The summed E-state index contributed by atoms with van der Waals surface area (Å²) in [6, 6.07) is 11.3. The van der Waals surface area contributed by atoms with E-state index in [4.69, 9.17) is 0 Å². The standard InChI is InChI=1S/C18H25N/c1-3-7-15(8-4-1)12-19-13-17-11-18(17,14-19)16-9-5-2-6-10-16/h2,5-6,9-10,15,17H,1,3-4,7-8,11-14H2. The Bertz CT molecular complexity index is 434. The molecule has 19 heavy (non-hydrogen) atoms. The van der Waals surface area contributed by atoms with Crippen molar-refractivity contribution in [3.8, 4) is 0 Å². The number of likely N-dealkylation sites (tertiary alicyclic amines) is 1. The quantitative estimate of drug-likeness (QED) is 0.793. The zero-order valence-corrected chi connectivity index (χ0v) is 11.9. The average Bonchev–Trinajstić information content (AvgIpc) is 3.04. The van der Waals surface area contributed by atoms with Crippen LogP contribution in [0, 0.1) is 11.8 Å². The molecule has 0 spiro atoms. The zero-order valence-electron chi connectivity index (χ0n) is 11.9. The molecule has 0 bridgehead atoms. The molecule has 1 heterocycles. The second-order valence-corrected chi connectivity index (χ2v) is 7.12. The van der Waals surface area contributed by atoms with E-state index in [0.29, 0.717) is 5.41 Å². The number of fused-ring (bicyclic) bond motifs is 1. The van der Waals surface area contributed by atoms with Gasteiger partial charge in [0.25, 0.3) is 0 Å². The lowest BCUT2D eigenvalue weighted by Crippen LogP contribution is -2.32. The number of nitrogens with zero attached hydrogens (tertiary/aromatic N) is 1. The first-order chi connectivity index (χ1) is 9.37. The first-order valence-electron chi connectivity index (χ1n) is 8.15. The summed E-state index contributed by atoms with van der Waals surface area (Å²) in [4.78, 5) is 2.77. The van der Waals surface area contributed by atoms with Gasteiger partial charge in [-0.2, -0.15) is 0 Å². The van der Waals surface area contributed by atoms with E-state index in [-0.39, 0.29) is 0 Å². The molecule has 1 heteroatoms. The zero-order chi connectivity index (χ0) is 12.7. The van der Waals surface area contributed by atoms with Crippen molar-refractivity contribution >= 4 is 0 Å². The third-order valence-electron chi connectivity index (χ3n) is 5.81. The third-order valence-corrected chi connectivity index (χ3v) is 5.81. The van der Waals surface area contributed by atoms with E-state index < -0.39 is 0 Å². The molecule has 3 aliphatic rings. The molecule has 2 unspecified atom stereocenters. The lowest BCUT2D eigenvalue weighted by atomic mass is 9.88. The Kier molecular flexibility index (Phi) is 2.91. The second kappa shape index (κ2) is 4.63. The third kappa shape index (κ3) is 2.12. The fraction of sp³-hybridized carbons (Fsp3) is 0.667. The van der Waals surface area contributed by atoms with E-state index in [0.717, 1.165) is 11.8 Å². The molecule has 1 nitrogen and oxygen atoms in total. The van der Waals surface area contributed by atoms with Crippen molar-refractivity contribution < 1.29 is 0 Å². The largest absolute Gasteiger partial charge is 0.302 e. The molecule has 0 N–H and O–H groups in total. The lowest BCUT2D eigenvalue weighted by molar-refractivity contribution is 0.214. The Morgan fingerprint density at radius 2 is 1.84 bits per heavy atom. The molecule has 2 atom stereocenters. The van der Waals surface area contributed by atoms with Gasteiger partial charge in [0.15, 0.2) is 0 Å². The van der Waals surface area contributed by atoms with Crippen LogP contribution in [0.25, 0.3) is 0 Å². The maximum atomic E-state index is 2.77. The van der Waals surface area contributed by atoms with Crippen LogP contribution in [0.5, 0.6) is 0 Å². The molecular formula is C18H25N. The molecular weight excluding hydrogens is 230 g/mol. The Hall–Kier alpha value is -0.820. The first-order valence-corrected chi connectivity index (χ1v) is 8.15. The SMILES string of the molecule is c1ccc(C23CC2CN(CC2CCCCC2)C3)cc1. The summed E-state index contributed by atoms with van der Waals surface area (Å²) in [6.07, 6.45) is 8.85. The van der Waals surface area contributed by atoms with Gasteiger partial charge in [0.2, 0.25) is 0 Å². The summed E-state index contributed by atoms with van der Waals surface area (Å²) in [6.45, 7) is 4.08. The van der Waals surface area contributed by atoms with Gasteiger partial charge in [0.1, 0.15) is 0 Å². The van der Waals surface area contributed by atoms with E-state index >= 15 is 0 Å². The smallest absolute Gasteiger partial charge is 0.0124 e. The monoisotopic (exact) mass is 255 g/mol. The minimum Gasteiger partial charge on any atom is -0.302 e. The minimum absolute atomic E-state index is 0.552. The summed E-state index contributed by atoms with van der Waals surface area (Å²) in [7, 11) is 0. The minimum atomic E-state index is 0.552.